The van der Waals surface area contributed by atoms with Crippen LogP contribution in [0.3, 0.4) is 0 Å². The van der Waals surface area contributed by atoms with Crippen molar-refractivity contribution >= 4 is 11.0 Å². The number of benzene rings is 2. The van der Waals surface area contributed by atoms with Gasteiger partial charge in [-0.3, -0.25) is 4.79 Å². The van der Waals surface area contributed by atoms with E-state index in [1.165, 1.54) is 0 Å². The Morgan fingerprint density at radius 3 is 2.50 bits per heavy atom. The van der Waals surface area contributed by atoms with Gasteiger partial charge in [-0.25, -0.2) is 0 Å². The molecule has 112 valence electrons. The molecule has 0 aliphatic carbocycles. The maximum absolute atomic E-state index is 12.8. The molecule has 3 aromatic rings. The highest BCUT2D eigenvalue weighted by molar-refractivity contribution is 5.83. The van der Waals surface area contributed by atoms with Crippen LogP contribution in [0.15, 0.2) is 63.8 Å². The SMILES string of the molecule is NCCCOc1oc2ccccc2c(=O)c1-c1ccccc1. The first-order chi connectivity index (χ1) is 10.8. The van der Waals surface area contributed by atoms with E-state index in [0.717, 1.165) is 5.56 Å². The molecule has 0 unspecified atom stereocenters. The fourth-order valence-electron chi connectivity index (χ4n) is 2.33. The van der Waals surface area contributed by atoms with E-state index in [4.69, 9.17) is 14.9 Å². The number of fused-ring (bicyclic) bond motifs is 1. The summed E-state index contributed by atoms with van der Waals surface area (Å²) in [6.45, 7) is 0.941. The number of nitrogens with two attached hydrogens (primary N) is 1. The lowest BCUT2D eigenvalue weighted by atomic mass is 10.1. The maximum atomic E-state index is 12.8. The first-order valence-corrected chi connectivity index (χ1v) is 7.25. The van der Waals surface area contributed by atoms with Crippen LogP contribution in [0.1, 0.15) is 6.42 Å². The third-order valence-corrected chi connectivity index (χ3v) is 3.41. The largest absolute Gasteiger partial charge is 0.465 e. The summed E-state index contributed by atoms with van der Waals surface area (Å²) in [5.74, 6) is 0.253. The van der Waals surface area contributed by atoms with E-state index in [2.05, 4.69) is 0 Å². The van der Waals surface area contributed by atoms with Gasteiger partial charge in [-0.15, -0.1) is 0 Å². The number of hydrogen-bond donors (Lipinski definition) is 1. The Balaban J connectivity index is 2.20. The predicted octanol–water partition coefficient (Wildman–Crippen LogP) is 3.19. The molecule has 2 N–H and O–H groups in total. The van der Waals surface area contributed by atoms with Crippen molar-refractivity contribution in [1.29, 1.82) is 0 Å². The Morgan fingerprint density at radius 1 is 1.00 bits per heavy atom. The molecule has 0 amide bonds. The fourth-order valence-corrected chi connectivity index (χ4v) is 2.33. The van der Waals surface area contributed by atoms with E-state index in [1.54, 1.807) is 12.1 Å². The summed E-state index contributed by atoms with van der Waals surface area (Å²) in [4.78, 5) is 12.8. The van der Waals surface area contributed by atoms with Crippen molar-refractivity contribution in [2.75, 3.05) is 13.2 Å². The Hall–Kier alpha value is -2.59. The zero-order valence-electron chi connectivity index (χ0n) is 12.1. The van der Waals surface area contributed by atoms with Crippen molar-refractivity contribution in [2.24, 2.45) is 5.73 Å². The van der Waals surface area contributed by atoms with Crippen LogP contribution in [0.2, 0.25) is 0 Å². The molecule has 4 heteroatoms. The molecule has 22 heavy (non-hydrogen) atoms. The molecule has 0 fully saturated rings. The quantitative estimate of drug-likeness (QED) is 0.734. The van der Waals surface area contributed by atoms with Crippen molar-refractivity contribution in [3.8, 4) is 17.1 Å². The van der Waals surface area contributed by atoms with Crippen molar-refractivity contribution in [3.63, 3.8) is 0 Å². The minimum Gasteiger partial charge on any atom is -0.465 e. The molecular formula is C18H17NO3. The van der Waals surface area contributed by atoms with Crippen LogP contribution in [0.4, 0.5) is 0 Å². The van der Waals surface area contributed by atoms with Gasteiger partial charge in [-0.05, 0) is 30.7 Å². The molecule has 0 saturated heterocycles. The Labute approximate surface area is 128 Å². The summed E-state index contributed by atoms with van der Waals surface area (Å²) in [6, 6.07) is 16.6. The normalized spacial score (nSPS) is 10.8. The summed E-state index contributed by atoms with van der Waals surface area (Å²) in [5.41, 5.74) is 7.16. The van der Waals surface area contributed by atoms with E-state index in [9.17, 15) is 4.79 Å². The first-order valence-electron chi connectivity index (χ1n) is 7.25. The van der Waals surface area contributed by atoms with Gasteiger partial charge in [0.05, 0.1) is 12.0 Å². The fraction of sp³-hybridized carbons (Fsp3) is 0.167. The lowest BCUT2D eigenvalue weighted by Gasteiger charge is -2.11. The molecule has 2 aromatic carbocycles. The predicted molar refractivity (Wildman–Crippen MR) is 87.1 cm³/mol. The van der Waals surface area contributed by atoms with Gasteiger partial charge in [0.1, 0.15) is 11.1 Å². The monoisotopic (exact) mass is 295 g/mol. The van der Waals surface area contributed by atoms with Crippen molar-refractivity contribution in [2.45, 2.75) is 6.42 Å². The molecule has 4 nitrogen and oxygen atoms in total. The van der Waals surface area contributed by atoms with Gasteiger partial charge in [-0.1, -0.05) is 42.5 Å². The van der Waals surface area contributed by atoms with Crippen LogP contribution < -0.4 is 15.9 Å². The van der Waals surface area contributed by atoms with Gasteiger partial charge in [0.15, 0.2) is 0 Å². The Kier molecular flexibility index (Phi) is 4.21. The molecule has 0 bridgehead atoms. The summed E-state index contributed by atoms with van der Waals surface area (Å²) in [6.07, 6.45) is 0.699. The highest BCUT2D eigenvalue weighted by Crippen LogP contribution is 2.30. The lowest BCUT2D eigenvalue weighted by molar-refractivity contribution is 0.245. The van der Waals surface area contributed by atoms with Crippen LogP contribution in [-0.2, 0) is 0 Å². The zero-order chi connectivity index (χ0) is 15.4. The third-order valence-electron chi connectivity index (χ3n) is 3.41. The maximum Gasteiger partial charge on any atom is 0.297 e. The van der Waals surface area contributed by atoms with Crippen LogP contribution in [0.5, 0.6) is 5.95 Å². The Bertz CT molecular complexity index is 825. The van der Waals surface area contributed by atoms with E-state index in [1.807, 2.05) is 42.5 Å². The van der Waals surface area contributed by atoms with Gasteiger partial charge in [0.25, 0.3) is 5.95 Å². The van der Waals surface area contributed by atoms with Gasteiger partial charge < -0.3 is 14.9 Å². The second kappa shape index (κ2) is 6.45. The van der Waals surface area contributed by atoms with Crippen LogP contribution >= 0.6 is 0 Å². The molecule has 0 saturated carbocycles. The van der Waals surface area contributed by atoms with Crippen LogP contribution in [0.25, 0.3) is 22.1 Å². The molecule has 0 aliphatic heterocycles. The van der Waals surface area contributed by atoms with Gasteiger partial charge in [0.2, 0.25) is 5.43 Å². The summed E-state index contributed by atoms with van der Waals surface area (Å²) >= 11 is 0. The topological polar surface area (TPSA) is 65.5 Å². The molecular weight excluding hydrogens is 278 g/mol. The van der Waals surface area contributed by atoms with E-state index >= 15 is 0 Å². The number of hydrogen-bond acceptors (Lipinski definition) is 4. The van der Waals surface area contributed by atoms with Gasteiger partial charge in [0, 0.05) is 0 Å². The van der Waals surface area contributed by atoms with Gasteiger partial charge in [-0.2, -0.15) is 0 Å². The molecule has 1 aromatic heterocycles. The average molecular weight is 295 g/mol. The highest BCUT2D eigenvalue weighted by Gasteiger charge is 2.17. The second-order valence-corrected chi connectivity index (χ2v) is 4.95. The number of rotatable bonds is 5. The first kappa shape index (κ1) is 14.4. The second-order valence-electron chi connectivity index (χ2n) is 4.95. The summed E-state index contributed by atoms with van der Waals surface area (Å²) < 4.78 is 11.5. The molecule has 0 spiro atoms. The standard InChI is InChI=1S/C18H17NO3/c19-11-6-12-21-18-16(13-7-2-1-3-8-13)17(20)14-9-4-5-10-15(14)22-18/h1-5,7-10H,6,11-12,19H2. The molecule has 0 aliphatic rings. The molecule has 1 heterocycles. The summed E-state index contributed by atoms with van der Waals surface area (Å²) in [7, 11) is 0. The van der Waals surface area contributed by atoms with Crippen molar-refractivity contribution in [1.82, 2.24) is 0 Å². The molecule has 3 rings (SSSR count). The number of ether oxygens (including phenoxy) is 1. The van der Waals surface area contributed by atoms with Crippen molar-refractivity contribution in [3.05, 3.63) is 64.8 Å². The van der Waals surface area contributed by atoms with Crippen LogP contribution in [-0.4, -0.2) is 13.2 Å². The van der Waals surface area contributed by atoms with E-state index < -0.39 is 0 Å². The molecule has 0 atom stereocenters. The highest BCUT2D eigenvalue weighted by atomic mass is 16.6. The lowest BCUT2D eigenvalue weighted by Crippen LogP contribution is -2.11. The van der Waals surface area contributed by atoms with Crippen LogP contribution in [0, 0.1) is 0 Å². The molecule has 0 radical (unpaired) electrons. The van der Waals surface area contributed by atoms with E-state index in [-0.39, 0.29) is 11.4 Å². The number of para-hydroxylation sites is 1. The van der Waals surface area contributed by atoms with Crippen molar-refractivity contribution < 1.29 is 9.15 Å². The average Bonchev–Trinajstić information content (AvgIpc) is 2.56. The zero-order valence-corrected chi connectivity index (χ0v) is 12.1. The Morgan fingerprint density at radius 2 is 1.73 bits per heavy atom. The minimum absolute atomic E-state index is 0.0872. The van der Waals surface area contributed by atoms with Gasteiger partial charge >= 0.3 is 0 Å². The minimum atomic E-state index is -0.0872. The summed E-state index contributed by atoms with van der Waals surface area (Å²) in [5, 5.41) is 0.549. The van der Waals surface area contributed by atoms with E-state index in [0.29, 0.717) is 36.1 Å². The smallest absolute Gasteiger partial charge is 0.297 e. The third kappa shape index (κ3) is 2.73.